The molecule has 0 aliphatic rings. The number of fused-ring (bicyclic) bond motifs is 1. The molecule has 0 radical (unpaired) electrons. The average Bonchev–Trinajstić information content (AvgIpc) is 3.06. The van der Waals surface area contributed by atoms with Crippen molar-refractivity contribution in [2.24, 2.45) is 0 Å². The second kappa shape index (κ2) is 7.12. The fourth-order valence-corrected chi connectivity index (χ4v) is 3.13. The number of anilines is 5. The lowest BCUT2D eigenvalue weighted by molar-refractivity contribution is 0.607. The van der Waals surface area contributed by atoms with Crippen LogP contribution in [-0.2, 0) is 10.0 Å². The highest BCUT2D eigenvalue weighted by Crippen LogP contribution is 2.23. The van der Waals surface area contributed by atoms with Gasteiger partial charge in [-0.05, 0) is 36.4 Å². The molecular weight excluding hydrogens is 380 g/mol. The number of para-hydroxylation sites is 1. The average molecular weight is 396 g/mol. The summed E-state index contributed by atoms with van der Waals surface area (Å²) in [7, 11) is -3.31. The highest BCUT2D eigenvalue weighted by molar-refractivity contribution is 7.92. The third-order valence-electron chi connectivity index (χ3n) is 3.72. The number of aromatic nitrogens is 5. The maximum absolute atomic E-state index is 11.3. The molecule has 0 fully saturated rings. The maximum Gasteiger partial charge on any atom is 0.250 e. The molecule has 10 nitrogen and oxygen atoms in total. The smallest absolute Gasteiger partial charge is 0.250 e. The Balaban J connectivity index is 1.49. The van der Waals surface area contributed by atoms with Gasteiger partial charge in [-0.2, -0.15) is 15.2 Å². The van der Waals surface area contributed by atoms with Crippen LogP contribution in [0.25, 0.3) is 10.9 Å². The Morgan fingerprint density at radius 2 is 1.71 bits per heavy atom. The van der Waals surface area contributed by atoms with E-state index in [0.29, 0.717) is 17.3 Å². The van der Waals surface area contributed by atoms with Crippen molar-refractivity contribution in [2.45, 2.75) is 0 Å². The lowest BCUT2D eigenvalue weighted by atomic mass is 10.2. The van der Waals surface area contributed by atoms with Gasteiger partial charge in [0.25, 0.3) is 0 Å². The Kier molecular flexibility index (Phi) is 4.49. The van der Waals surface area contributed by atoms with Crippen LogP contribution in [-0.4, -0.2) is 40.1 Å². The molecule has 2 heterocycles. The number of sulfonamides is 1. The molecule has 2 aromatic heterocycles. The molecule has 28 heavy (non-hydrogen) atoms. The van der Waals surface area contributed by atoms with Gasteiger partial charge in [0, 0.05) is 16.8 Å². The van der Waals surface area contributed by atoms with E-state index in [4.69, 9.17) is 0 Å². The summed E-state index contributed by atoms with van der Waals surface area (Å²) in [5.74, 6) is 1.37. The Labute approximate surface area is 160 Å². The molecule has 0 saturated carbocycles. The molecule has 0 aliphatic heterocycles. The second-order valence-corrected chi connectivity index (χ2v) is 7.73. The van der Waals surface area contributed by atoms with E-state index in [-0.39, 0.29) is 5.95 Å². The quantitative estimate of drug-likeness (QED) is 0.390. The molecule has 0 atom stereocenters. The molecule has 0 bridgehead atoms. The molecule has 2 aromatic carbocycles. The zero-order chi connectivity index (χ0) is 19.6. The number of hydrogen-bond donors (Lipinski definition) is 4. The second-order valence-electron chi connectivity index (χ2n) is 5.98. The molecule has 0 spiro atoms. The molecule has 142 valence electrons. The molecule has 4 rings (SSSR count). The van der Waals surface area contributed by atoms with Gasteiger partial charge >= 0.3 is 0 Å². The van der Waals surface area contributed by atoms with E-state index >= 15 is 0 Å². The zero-order valence-corrected chi connectivity index (χ0v) is 15.5. The van der Waals surface area contributed by atoms with Crippen molar-refractivity contribution in [3.05, 3.63) is 54.7 Å². The van der Waals surface area contributed by atoms with Crippen LogP contribution < -0.4 is 15.4 Å². The van der Waals surface area contributed by atoms with Crippen molar-refractivity contribution < 1.29 is 8.42 Å². The van der Waals surface area contributed by atoms with Crippen molar-refractivity contribution in [1.82, 2.24) is 25.4 Å². The first-order valence-corrected chi connectivity index (χ1v) is 10.1. The summed E-state index contributed by atoms with van der Waals surface area (Å²) in [5, 5.41) is 22.1. The standard InChI is InChI=1S/C17H16N8O2S/c1-28(26,27)25-12-8-6-11(7-9-12)19-15-10-18-24-17(20-15)21-16-13-4-2-3-5-14(13)22-23-16/h2-10,25H,1H3,(H3,19,20,21,22,23,24). The minimum absolute atomic E-state index is 0.289. The Hall–Kier alpha value is -3.73. The van der Waals surface area contributed by atoms with Gasteiger partial charge in [0.1, 0.15) is 0 Å². The monoisotopic (exact) mass is 396 g/mol. The minimum Gasteiger partial charge on any atom is -0.339 e. The topological polar surface area (TPSA) is 138 Å². The van der Waals surface area contributed by atoms with E-state index in [2.05, 4.69) is 40.7 Å². The third kappa shape index (κ3) is 4.15. The van der Waals surface area contributed by atoms with E-state index in [1.807, 2.05) is 24.3 Å². The van der Waals surface area contributed by atoms with Gasteiger partial charge in [0.05, 0.1) is 18.0 Å². The zero-order valence-electron chi connectivity index (χ0n) is 14.7. The molecule has 4 aromatic rings. The van der Waals surface area contributed by atoms with E-state index in [1.165, 1.54) is 6.20 Å². The predicted octanol–water partition coefficient (Wildman–Crippen LogP) is 2.61. The van der Waals surface area contributed by atoms with E-state index in [9.17, 15) is 8.42 Å². The number of benzene rings is 2. The van der Waals surface area contributed by atoms with Crippen LogP contribution in [0.1, 0.15) is 0 Å². The highest BCUT2D eigenvalue weighted by atomic mass is 32.2. The van der Waals surface area contributed by atoms with Crippen LogP contribution in [0, 0.1) is 0 Å². The molecule has 0 amide bonds. The van der Waals surface area contributed by atoms with E-state index in [1.54, 1.807) is 24.3 Å². The highest BCUT2D eigenvalue weighted by Gasteiger charge is 2.08. The molecular formula is C17H16N8O2S. The Bertz CT molecular complexity index is 1220. The number of H-pyrrole nitrogens is 1. The van der Waals surface area contributed by atoms with Crippen LogP contribution >= 0.6 is 0 Å². The molecule has 0 unspecified atom stereocenters. The summed E-state index contributed by atoms with van der Waals surface area (Å²) in [4.78, 5) is 4.37. The van der Waals surface area contributed by atoms with Crippen LogP contribution in [0.15, 0.2) is 54.7 Å². The van der Waals surface area contributed by atoms with Gasteiger partial charge in [0.15, 0.2) is 11.6 Å². The number of hydrogen-bond acceptors (Lipinski definition) is 8. The number of rotatable bonds is 6. The number of nitrogens with one attached hydrogen (secondary N) is 4. The van der Waals surface area contributed by atoms with Crippen molar-refractivity contribution in [1.29, 1.82) is 0 Å². The van der Waals surface area contributed by atoms with Gasteiger partial charge in [-0.15, -0.1) is 5.10 Å². The van der Waals surface area contributed by atoms with Gasteiger partial charge < -0.3 is 10.6 Å². The SMILES string of the molecule is CS(=O)(=O)Nc1ccc(Nc2cnnc(Nc3n[nH]c4ccccc34)n2)cc1. The van der Waals surface area contributed by atoms with Crippen LogP contribution in [0.2, 0.25) is 0 Å². The molecule has 11 heteroatoms. The largest absolute Gasteiger partial charge is 0.339 e. The predicted molar refractivity (Wildman–Crippen MR) is 107 cm³/mol. The first-order valence-electron chi connectivity index (χ1n) is 8.21. The lowest BCUT2D eigenvalue weighted by Gasteiger charge is -2.08. The van der Waals surface area contributed by atoms with Gasteiger partial charge in [-0.3, -0.25) is 9.82 Å². The van der Waals surface area contributed by atoms with Gasteiger partial charge in [-0.1, -0.05) is 12.1 Å². The van der Waals surface area contributed by atoms with Crippen molar-refractivity contribution >= 4 is 49.9 Å². The van der Waals surface area contributed by atoms with E-state index < -0.39 is 10.0 Å². The van der Waals surface area contributed by atoms with Crippen molar-refractivity contribution in [3.63, 3.8) is 0 Å². The van der Waals surface area contributed by atoms with Crippen molar-refractivity contribution in [2.75, 3.05) is 21.6 Å². The molecule has 0 saturated heterocycles. The number of nitrogens with zero attached hydrogens (tertiary/aromatic N) is 4. The fourth-order valence-electron chi connectivity index (χ4n) is 2.56. The summed E-state index contributed by atoms with van der Waals surface area (Å²) < 4.78 is 24.9. The van der Waals surface area contributed by atoms with Gasteiger partial charge in [-0.25, -0.2) is 8.42 Å². The van der Waals surface area contributed by atoms with E-state index in [0.717, 1.165) is 22.8 Å². The minimum atomic E-state index is -3.31. The maximum atomic E-state index is 11.3. The first-order chi connectivity index (χ1) is 13.5. The third-order valence-corrected chi connectivity index (χ3v) is 4.33. The van der Waals surface area contributed by atoms with Crippen LogP contribution in [0.3, 0.4) is 0 Å². The number of aromatic amines is 1. The van der Waals surface area contributed by atoms with Crippen molar-refractivity contribution in [3.8, 4) is 0 Å². The van der Waals surface area contributed by atoms with Crippen LogP contribution in [0.4, 0.5) is 29.0 Å². The summed E-state index contributed by atoms with van der Waals surface area (Å²) in [6, 6.07) is 14.4. The summed E-state index contributed by atoms with van der Waals surface area (Å²) in [6.45, 7) is 0. The van der Waals surface area contributed by atoms with Gasteiger partial charge in [0.2, 0.25) is 16.0 Å². The molecule has 4 N–H and O–H groups in total. The molecule has 0 aliphatic carbocycles. The fraction of sp³-hybridized carbons (Fsp3) is 0.0588. The summed E-state index contributed by atoms with van der Waals surface area (Å²) in [6.07, 6.45) is 2.58. The summed E-state index contributed by atoms with van der Waals surface area (Å²) in [5.41, 5.74) is 2.09. The summed E-state index contributed by atoms with van der Waals surface area (Å²) >= 11 is 0. The first kappa shape index (κ1) is 17.7. The van der Waals surface area contributed by atoms with Crippen LogP contribution in [0.5, 0.6) is 0 Å². The normalized spacial score (nSPS) is 11.3. The lowest BCUT2D eigenvalue weighted by Crippen LogP contribution is -2.09. The Morgan fingerprint density at radius 1 is 0.964 bits per heavy atom. The Morgan fingerprint density at radius 3 is 2.50 bits per heavy atom.